The topological polar surface area (TPSA) is 76.7 Å². The molecule has 1 atom stereocenters. The van der Waals surface area contributed by atoms with Gasteiger partial charge in [-0.15, -0.1) is 12.4 Å². The van der Waals surface area contributed by atoms with Crippen LogP contribution in [-0.4, -0.2) is 47.9 Å². The molecule has 0 bridgehead atoms. The first-order valence-electron chi connectivity index (χ1n) is 7.56. The highest BCUT2D eigenvalue weighted by Crippen LogP contribution is 2.16. The van der Waals surface area contributed by atoms with E-state index in [2.05, 4.69) is 10.0 Å². The second-order valence-corrected chi connectivity index (χ2v) is 7.06. The second kappa shape index (κ2) is 10.1. The van der Waals surface area contributed by atoms with Gasteiger partial charge in [0.2, 0.25) is 10.0 Å². The van der Waals surface area contributed by atoms with E-state index in [9.17, 15) is 8.42 Å². The van der Waals surface area contributed by atoms with Crippen molar-refractivity contribution < 1.29 is 17.9 Å². The number of nitrogens with one attached hydrogen (secondary N) is 2. The fraction of sp³-hybridized carbons (Fsp3) is 0.600. The standard InChI is InChI=1S/C15H24N2O4S.ClH/c1-20-11-12-21-14-4-6-15(7-5-14)22(18,19)17-10-8-13-3-2-9-16-13;/h4-7,13,16-17H,2-3,8-12H2,1H3;1H/t13-;/m1./s1. The Labute approximate surface area is 144 Å². The summed E-state index contributed by atoms with van der Waals surface area (Å²) in [6.07, 6.45) is 3.11. The Morgan fingerprint density at radius 3 is 2.61 bits per heavy atom. The molecule has 0 aromatic heterocycles. The highest BCUT2D eigenvalue weighted by molar-refractivity contribution is 7.89. The van der Waals surface area contributed by atoms with Crippen LogP contribution in [0.2, 0.25) is 0 Å². The summed E-state index contributed by atoms with van der Waals surface area (Å²) in [5, 5.41) is 3.35. The van der Waals surface area contributed by atoms with Gasteiger partial charge >= 0.3 is 0 Å². The Morgan fingerprint density at radius 1 is 1.26 bits per heavy atom. The smallest absolute Gasteiger partial charge is 0.240 e. The van der Waals surface area contributed by atoms with Crippen LogP contribution in [0.15, 0.2) is 29.2 Å². The van der Waals surface area contributed by atoms with Gasteiger partial charge in [-0.2, -0.15) is 0 Å². The molecular weight excluding hydrogens is 340 g/mol. The Hall–Kier alpha value is -0.860. The maximum absolute atomic E-state index is 12.2. The van der Waals surface area contributed by atoms with E-state index in [0.29, 0.717) is 31.5 Å². The number of hydrogen-bond acceptors (Lipinski definition) is 5. The van der Waals surface area contributed by atoms with Crippen LogP contribution in [0.4, 0.5) is 0 Å². The van der Waals surface area contributed by atoms with Gasteiger partial charge in [-0.1, -0.05) is 0 Å². The minimum Gasteiger partial charge on any atom is -0.491 e. The Balaban J connectivity index is 0.00000264. The average Bonchev–Trinajstić information content (AvgIpc) is 3.01. The monoisotopic (exact) mass is 364 g/mol. The van der Waals surface area contributed by atoms with Gasteiger partial charge in [0, 0.05) is 19.7 Å². The van der Waals surface area contributed by atoms with Crippen LogP contribution in [0.25, 0.3) is 0 Å². The summed E-state index contributed by atoms with van der Waals surface area (Å²) in [5.41, 5.74) is 0. The molecule has 1 aliphatic rings. The van der Waals surface area contributed by atoms with E-state index in [1.165, 1.54) is 6.42 Å². The van der Waals surface area contributed by atoms with Gasteiger partial charge in [0.1, 0.15) is 12.4 Å². The van der Waals surface area contributed by atoms with Crippen molar-refractivity contribution in [3.63, 3.8) is 0 Å². The lowest BCUT2D eigenvalue weighted by atomic mass is 10.2. The van der Waals surface area contributed by atoms with Crippen LogP contribution in [-0.2, 0) is 14.8 Å². The van der Waals surface area contributed by atoms with Crippen molar-refractivity contribution in [3.8, 4) is 5.75 Å². The molecule has 6 nitrogen and oxygen atoms in total. The molecule has 0 aliphatic carbocycles. The van der Waals surface area contributed by atoms with Crippen molar-refractivity contribution in [1.29, 1.82) is 0 Å². The Morgan fingerprint density at radius 2 is 2.00 bits per heavy atom. The first-order chi connectivity index (χ1) is 10.6. The van der Waals surface area contributed by atoms with Crippen molar-refractivity contribution in [3.05, 3.63) is 24.3 Å². The van der Waals surface area contributed by atoms with Crippen LogP contribution in [0.3, 0.4) is 0 Å². The average molecular weight is 365 g/mol. The number of sulfonamides is 1. The van der Waals surface area contributed by atoms with Gasteiger partial charge in [0.25, 0.3) is 0 Å². The number of methoxy groups -OCH3 is 1. The maximum Gasteiger partial charge on any atom is 0.240 e. The molecular formula is C15H25ClN2O4S. The molecule has 1 aromatic carbocycles. The first kappa shape index (κ1) is 20.2. The van der Waals surface area contributed by atoms with E-state index in [0.717, 1.165) is 19.4 Å². The zero-order chi connectivity index (χ0) is 15.8. The third-order valence-electron chi connectivity index (χ3n) is 3.64. The maximum atomic E-state index is 12.2. The molecule has 0 radical (unpaired) electrons. The minimum atomic E-state index is -3.45. The highest BCUT2D eigenvalue weighted by Gasteiger charge is 2.17. The van der Waals surface area contributed by atoms with Crippen LogP contribution < -0.4 is 14.8 Å². The van der Waals surface area contributed by atoms with Gasteiger partial charge < -0.3 is 14.8 Å². The summed E-state index contributed by atoms with van der Waals surface area (Å²) in [5.74, 6) is 0.631. The van der Waals surface area contributed by atoms with Crippen LogP contribution in [0.1, 0.15) is 19.3 Å². The molecule has 1 heterocycles. The Bertz CT molecular complexity index is 545. The van der Waals surface area contributed by atoms with E-state index in [-0.39, 0.29) is 17.3 Å². The SMILES string of the molecule is COCCOc1ccc(S(=O)(=O)NCC[C@H]2CCCN2)cc1.Cl. The summed E-state index contributed by atoms with van der Waals surface area (Å²) in [4.78, 5) is 0.256. The van der Waals surface area contributed by atoms with Crippen molar-refractivity contribution in [1.82, 2.24) is 10.0 Å². The molecule has 1 fully saturated rings. The Kier molecular flexibility index (Phi) is 8.86. The van der Waals surface area contributed by atoms with Crippen LogP contribution in [0.5, 0.6) is 5.75 Å². The lowest BCUT2D eigenvalue weighted by molar-refractivity contribution is 0.146. The third kappa shape index (κ3) is 6.64. The molecule has 0 amide bonds. The molecule has 2 N–H and O–H groups in total. The number of rotatable bonds is 9. The normalized spacial score (nSPS) is 17.7. The first-order valence-corrected chi connectivity index (χ1v) is 9.05. The van der Waals surface area contributed by atoms with E-state index in [1.807, 2.05) is 0 Å². The number of ether oxygens (including phenoxy) is 2. The molecule has 8 heteroatoms. The van der Waals surface area contributed by atoms with Gasteiger partial charge in [0.15, 0.2) is 0 Å². The summed E-state index contributed by atoms with van der Waals surface area (Å²) >= 11 is 0. The molecule has 0 saturated carbocycles. The van der Waals surface area contributed by atoms with Crippen LogP contribution >= 0.6 is 12.4 Å². The van der Waals surface area contributed by atoms with Gasteiger partial charge in [-0.3, -0.25) is 0 Å². The zero-order valence-corrected chi connectivity index (χ0v) is 14.9. The summed E-state index contributed by atoms with van der Waals surface area (Å²) < 4.78 is 37.3. The summed E-state index contributed by atoms with van der Waals surface area (Å²) in [6.45, 7) is 2.42. The minimum absolute atomic E-state index is 0. The molecule has 1 aromatic rings. The molecule has 1 aliphatic heterocycles. The van der Waals surface area contributed by atoms with Crippen molar-refractivity contribution in [2.45, 2.75) is 30.2 Å². The summed E-state index contributed by atoms with van der Waals surface area (Å²) in [7, 11) is -1.85. The van der Waals surface area contributed by atoms with E-state index >= 15 is 0 Å². The quantitative estimate of drug-likeness (QED) is 0.650. The highest BCUT2D eigenvalue weighted by atomic mass is 35.5. The van der Waals surface area contributed by atoms with Crippen molar-refractivity contribution in [2.75, 3.05) is 33.4 Å². The molecule has 2 rings (SSSR count). The number of benzene rings is 1. The second-order valence-electron chi connectivity index (χ2n) is 5.29. The van der Waals surface area contributed by atoms with Gasteiger partial charge in [-0.05, 0) is 50.1 Å². The molecule has 23 heavy (non-hydrogen) atoms. The van der Waals surface area contributed by atoms with Gasteiger partial charge in [-0.25, -0.2) is 13.1 Å². The lowest BCUT2D eigenvalue weighted by Gasteiger charge is -2.11. The number of halogens is 1. The van der Waals surface area contributed by atoms with Crippen molar-refractivity contribution >= 4 is 22.4 Å². The van der Waals surface area contributed by atoms with E-state index in [1.54, 1.807) is 31.4 Å². The molecule has 0 spiro atoms. The summed E-state index contributed by atoms with van der Waals surface area (Å²) in [6, 6.07) is 6.85. The fourth-order valence-electron chi connectivity index (χ4n) is 2.41. The predicted octanol–water partition coefficient (Wildman–Crippen LogP) is 1.55. The fourth-order valence-corrected chi connectivity index (χ4v) is 3.46. The van der Waals surface area contributed by atoms with Crippen LogP contribution in [0, 0.1) is 0 Å². The predicted molar refractivity (Wildman–Crippen MR) is 91.9 cm³/mol. The molecule has 132 valence electrons. The van der Waals surface area contributed by atoms with Gasteiger partial charge in [0.05, 0.1) is 11.5 Å². The van der Waals surface area contributed by atoms with Crippen molar-refractivity contribution in [2.24, 2.45) is 0 Å². The van der Waals surface area contributed by atoms with E-state index in [4.69, 9.17) is 9.47 Å². The molecule has 0 unspecified atom stereocenters. The number of hydrogen-bond donors (Lipinski definition) is 2. The lowest BCUT2D eigenvalue weighted by Crippen LogP contribution is -2.30. The molecule has 1 saturated heterocycles. The third-order valence-corrected chi connectivity index (χ3v) is 5.11. The zero-order valence-electron chi connectivity index (χ0n) is 13.3. The van der Waals surface area contributed by atoms with E-state index < -0.39 is 10.0 Å². The largest absolute Gasteiger partial charge is 0.491 e.